The van der Waals surface area contributed by atoms with Gasteiger partial charge in [0.05, 0.1) is 12.1 Å². The number of anilines is 3. The molecule has 2 aromatic heterocycles. The van der Waals surface area contributed by atoms with Crippen molar-refractivity contribution in [3.8, 4) is 0 Å². The molecule has 5 nitrogen and oxygen atoms in total. The molecule has 0 saturated heterocycles. The third kappa shape index (κ3) is 4.78. The van der Waals surface area contributed by atoms with Crippen molar-refractivity contribution in [3.63, 3.8) is 0 Å². The molecule has 128 valence electrons. The molecule has 0 aliphatic carbocycles. The van der Waals surface area contributed by atoms with E-state index in [0.29, 0.717) is 15.8 Å². The van der Waals surface area contributed by atoms with Crippen LogP contribution in [0.2, 0.25) is 5.02 Å². The first-order chi connectivity index (χ1) is 12.0. The number of nitrogens with zero attached hydrogens (tertiary/aromatic N) is 2. The van der Waals surface area contributed by atoms with Crippen LogP contribution in [0.4, 0.5) is 16.6 Å². The lowest BCUT2D eigenvalue weighted by Gasteiger charge is -2.08. The number of amides is 1. The standard InChI is InChI=1S/C18H17ClN4OS/c1-11-5-6-20-16(7-11)23-18-21-14(10-25-18)9-17(24)22-15-8-13(19)4-3-12(15)2/h3-8,10H,9H2,1-2H3,(H,22,24)(H,20,21,23). The normalized spacial score (nSPS) is 10.5. The van der Waals surface area contributed by atoms with Gasteiger partial charge in [0, 0.05) is 22.3 Å². The van der Waals surface area contributed by atoms with Crippen molar-refractivity contribution in [1.82, 2.24) is 9.97 Å². The lowest BCUT2D eigenvalue weighted by molar-refractivity contribution is -0.115. The fourth-order valence-electron chi connectivity index (χ4n) is 2.25. The van der Waals surface area contributed by atoms with Crippen LogP contribution in [-0.4, -0.2) is 15.9 Å². The molecule has 2 N–H and O–H groups in total. The van der Waals surface area contributed by atoms with Gasteiger partial charge in [0.1, 0.15) is 5.82 Å². The van der Waals surface area contributed by atoms with Crippen LogP contribution in [0.15, 0.2) is 41.9 Å². The van der Waals surface area contributed by atoms with E-state index in [0.717, 1.165) is 22.6 Å². The van der Waals surface area contributed by atoms with E-state index in [1.807, 2.05) is 37.4 Å². The summed E-state index contributed by atoms with van der Waals surface area (Å²) in [6.07, 6.45) is 1.94. The molecule has 1 amide bonds. The first-order valence-electron chi connectivity index (χ1n) is 7.70. The SMILES string of the molecule is Cc1ccnc(Nc2nc(CC(=O)Nc3cc(Cl)ccc3C)cs2)c1. The summed E-state index contributed by atoms with van der Waals surface area (Å²) < 4.78 is 0. The van der Waals surface area contributed by atoms with Gasteiger partial charge in [0.15, 0.2) is 5.13 Å². The topological polar surface area (TPSA) is 66.9 Å². The molecule has 0 aliphatic heterocycles. The Morgan fingerprint density at radius 1 is 1.24 bits per heavy atom. The summed E-state index contributed by atoms with van der Waals surface area (Å²) in [5.41, 5.74) is 3.50. The van der Waals surface area contributed by atoms with Crippen LogP contribution < -0.4 is 10.6 Å². The number of halogens is 1. The van der Waals surface area contributed by atoms with Crippen LogP contribution in [0.25, 0.3) is 0 Å². The van der Waals surface area contributed by atoms with Crippen LogP contribution in [0.3, 0.4) is 0 Å². The highest BCUT2D eigenvalue weighted by Crippen LogP contribution is 2.22. The molecule has 25 heavy (non-hydrogen) atoms. The molecule has 0 fully saturated rings. The second-order valence-corrected chi connectivity index (χ2v) is 6.97. The van der Waals surface area contributed by atoms with E-state index in [4.69, 9.17) is 11.6 Å². The van der Waals surface area contributed by atoms with Crippen molar-refractivity contribution >= 4 is 45.5 Å². The summed E-state index contributed by atoms with van der Waals surface area (Å²) in [4.78, 5) is 20.9. The number of carbonyl (C=O) groups excluding carboxylic acids is 1. The lowest BCUT2D eigenvalue weighted by Crippen LogP contribution is -2.15. The highest BCUT2D eigenvalue weighted by Gasteiger charge is 2.10. The maximum atomic E-state index is 12.2. The highest BCUT2D eigenvalue weighted by molar-refractivity contribution is 7.13. The van der Waals surface area contributed by atoms with Crippen LogP contribution in [0.5, 0.6) is 0 Å². The van der Waals surface area contributed by atoms with E-state index >= 15 is 0 Å². The Balaban J connectivity index is 1.62. The van der Waals surface area contributed by atoms with Gasteiger partial charge < -0.3 is 10.6 Å². The number of nitrogens with one attached hydrogen (secondary N) is 2. The molecule has 0 spiro atoms. The number of benzene rings is 1. The predicted molar refractivity (Wildman–Crippen MR) is 103 cm³/mol. The van der Waals surface area contributed by atoms with E-state index in [9.17, 15) is 4.79 Å². The minimum Gasteiger partial charge on any atom is -0.325 e. The van der Waals surface area contributed by atoms with Gasteiger partial charge in [-0.25, -0.2) is 9.97 Å². The number of thiazole rings is 1. The fraction of sp³-hybridized carbons (Fsp3) is 0.167. The van der Waals surface area contributed by atoms with Crippen molar-refractivity contribution in [2.45, 2.75) is 20.3 Å². The van der Waals surface area contributed by atoms with Gasteiger partial charge in [0.25, 0.3) is 0 Å². The van der Waals surface area contributed by atoms with Gasteiger partial charge in [0.2, 0.25) is 5.91 Å². The molecular formula is C18H17ClN4OS. The molecule has 0 saturated carbocycles. The maximum absolute atomic E-state index is 12.2. The van der Waals surface area contributed by atoms with Crippen LogP contribution in [-0.2, 0) is 11.2 Å². The molecular weight excluding hydrogens is 356 g/mol. The van der Waals surface area contributed by atoms with Crippen molar-refractivity contribution in [3.05, 3.63) is 63.8 Å². The summed E-state index contributed by atoms with van der Waals surface area (Å²) in [7, 11) is 0. The number of hydrogen-bond donors (Lipinski definition) is 2. The van der Waals surface area contributed by atoms with Crippen LogP contribution in [0.1, 0.15) is 16.8 Å². The quantitative estimate of drug-likeness (QED) is 0.679. The third-order valence-corrected chi connectivity index (χ3v) is 4.56. The zero-order valence-electron chi connectivity index (χ0n) is 13.8. The summed E-state index contributed by atoms with van der Waals surface area (Å²) in [5.74, 6) is 0.607. The van der Waals surface area contributed by atoms with Crippen molar-refractivity contribution < 1.29 is 4.79 Å². The predicted octanol–water partition coefficient (Wildman–Crippen LogP) is 4.73. The zero-order chi connectivity index (χ0) is 17.8. The summed E-state index contributed by atoms with van der Waals surface area (Å²) in [6.45, 7) is 3.92. The Kier molecular flexibility index (Phi) is 5.31. The van der Waals surface area contributed by atoms with Crippen molar-refractivity contribution in [2.24, 2.45) is 0 Å². The molecule has 2 heterocycles. The molecule has 0 aliphatic rings. The van der Waals surface area contributed by atoms with E-state index < -0.39 is 0 Å². The van der Waals surface area contributed by atoms with Crippen LogP contribution in [0, 0.1) is 13.8 Å². The van der Waals surface area contributed by atoms with Gasteiger partial charge in [-0.2, -0.15) is 0 Å². The lowest BCUT2D eigenvalue weighted by atomic mass is 10.2. The van der Waals surface area contributed by atoms with Crippen LogP contribution >= 0.6 is 22.9 Å². The molecule has 3 aromatic rings. The second kappa shape index (κ2) is 7.63. The number of carbonyl (C=O) groups is 1. The zero-order valence-corrected chi connectivity index (χ0v) is 15.4. The van der Waals surface area contributed by atoms with Gasteiger partial charge >= 0.3 is 0 Å². The minimum absolute atomic E-state index is 0.129. The Hall–Kier alpha value is -2.44. The molecule has 0 atom stereocenters. The van der Waals surface area contributed by atoms with E-state index in [2.05, 4.69) is 20.6 Å². The first-order valence-corrected chi connectivity index (χ1v) is 8.95. The molecule has 0 unspecified atom stereocenters. The first kappa shape index (κ1) is 17.4. The number of aryl methyl sites for hydroxylation is 2. The second-order valence-electron chi connectivity index (χ2n) is 5.67. The molecule has 7 heteroatoms. The van der Waals surface area contributed by atoms with Crippen molar-refractivity contribution in [2.75, 3.05) is 10.6 Å². The average Bonchev–Trinajstić information content (AvgIpc) is 2.97. The Morgan fingerprint density at radius 3 is 2.88 bits per heavy atom. The third-order valence-electron chi connectivity index (χ3n) is 3.52. The average molecular weight is 373 g/mol. The smallest absolute Gasteiger partial charge is 0.230 e. The summed E-state index contributed by atoms with van der Waals surface area (Å²) >= 11 is 7.42. The molecule has 0 radical (unpaired) electrons. The summed E-state index contributed by atoms with van der Waals surface area (Å²) in [6, 6.07) is 9.28. The number of pyridine rings is 1. The van der Waals surface area contributed by atoms with Gasteiger partial charge in [-0.1, -0.05) is 17.7 Å². The Labute approximate surface area is 155 Å². The molecule has 1 aromatic carbocycles. The Bertz CT molecular complexity index is 910. The Morgan fingerprint density at radius 2 is 2.08 bits per heavy atom. The van der Waals surface area contributed by atoms with E-state index in [1.165, 1.54) is 11.3 Å². The monoisotopic (exact) mass is 372 g/mol. The van der Waals surface area contributed by atoms with Gasteiger partial charge in [-0.3, -0.25) is 4.79 Å². The van der Waals surface area contributed by atoms with Gasteiger partial charge in [-0.05, 0) is 49.2 Å². The van der Waals surface area contributed by atoms with E-state index in [1.54, 1.807) is 18.3 Å². The minimum atomic E-state index is -0.129. The number of aromatic nitrogens is 2. The van der Waals surface area contributed by atoms with Crippen molar-refractivity contribution in [1.29, 1.82) is 0 Å². The maximum Gasteiger partial charge on any atom is 0.230 e. The number of hydrogen-bond acceptors (Lipinski definition) is 5. The fourth-order valence-corrected chi connectivity index (χ4v) is 3.14. The molecule has 3 rings (SSSR count). The largest absolute Gasteiger partial charge is 0.325 e. The van der Waals surface area contributed by atoms with Gasteiger partial charge in [-0.15, -0.1) is 11.3 Å². The highest BCUT2D eigenvalue weighted by atomic mass is 35.5. The number of rotatable bonds is 5. The molecule has 0 bridgehead atoms. The van der Waals surface area contributed by atoms with E-state index in [-0.39, 0.29) is 12.3 Å². The summed E-state index contributed by atoms with van der Waals surface area (Å²) in [5, 5.41) is 9.19.